The van der Waals surface area contributed by atoms with E-state index in [1.165, 1.54) is 6.07 Å². The fourth-order valence-electron chi connectivity index (χ4n) is 3.72. The Morgan fingerprint density at radius 1 is 1.39 bits per heavy atom. The summed E-state index contributed by atoms with van der Waals surface area (Å²) in [6, 6.07) is 4.82. The summed E-state index contributed by atoms with van der Waals surface area (Å²) >= 11 is 6.13. The molecule has 132 valence electrons. The number of hydrogen-bond acceptors (Lipinski definition) is 3. The number of nitrogens with one attached hydrogen (secondary N) is 1. The van der Waals surface area contributed by atoms with Gasteiger partial charge in [0.1, 0.15) is 5.82 Å². The summed E-state index contributed by atoms with van der Waals surface area (Å²) in [6.07, 6.45) is 2.60. The van der Waals surface area contributed by atoms with Crippen molar-refractivity contribution in [1.29, 1.82) is 0 Å². The molecule has 23 heavy (non-hydrogen) atoms. The van der Waals surface area contributed by atoms with Gasteiger partial charge in [0.2, 0.25) is 0 Å². The summed E-state index contributed by atoms with van der Waals surface area (Å²) in [5.74, 6) is -0.246. The third kappa shape index (κ3) is 4.50. The first-order valence-corrected chi connectivity index (χ1v) is 8.03. The van der Waals surface area contributed by atoms with Gasteiger partial charge < -0.3 is 10.4 Å². The molecule has 0 aliphatic carbocycles. The lowest BCUT2D eigenvalue weighted by atomic mass is 9.72. The lowest BCUT2D eigenvalue weighted by molar-refractivity contribution is -0.0515. The minimum absolute atomic E-state index is 0. The van der Waals surface area contributed by atoms with Gasteiger partial charge in [0, 0.05) is 35.6 Å². The van der Waals surface area contributed by atoms with E-state index in [9.17, 15) is 9.50 Å². The highest BCUT2D eigenvalue weighted by molar-refractivity contribution is 6.31. The quantitative estimate of drug-likeness (QED) is 0.820. The van der Waals surface area contributed by atoms with Crippen LogP contribution < -0.4 is 5.32 Å². The summed E-state index contributed by atoms with van der Waals surface area (Å²) < 4.78 is 13.9. The first-order valence-electron chi connectivity index (χ1n) is 7.65. The molecule has 2 atom stereocenters. The number of rotatable bonds is 2. The molecule has 2 aliphatic heterocycles. The van der Waals surface area contributed by atoms with Gasteiger partial charge in [-0.15, -0.1) is 24.8 Å². The van der Waals surface area contributed by atoms with Crippen LogP contribution in [0.3, 0.4) is 0 Å². The van der Waals surface area contributed by atoms with E-state index in [2.05, 4.69) is 10.2 Å². The zero-order valence-corrected chi connectivity index (χ0v) is 15.3. The van der Waals surface area contributed by atoms with Crippen LogP contribution >= 0.6 is 36.4 Å². The van der Waals surface area contributed by atoms with E-state index in [1.807, 2.05) is 0 Å². The van der Waals surface area contributed by atoms with Crippen molar-refractivity contribution in [3.8, 4) is 0 Å². The molecule has 2 heterocycles. The molecule has 7 heteroatoms. The third-order valence-electron chi connectivity index (χ3n) is 4.91. The van der Waals surface area contributed by atoms with Gasteiger partial charge in [-0.1, -0.05) is 17.7 Å². The van der Waals surface area contributed by atoms with Crippen LogP contribution in [0, 0.1) is 11.2 Å². The summed E-state index contributed by atoms with van der Waals surface area (Å²) in [7, 11) is 0. The zero-order valence-electron chi connectivity index (χ0n) is 12.9. The van der Waals surface area contributed by atoms with Crippen molar-refractivity contribution in [3.63, 3.8) is 0 Å². The van der Waals surface area contributed by atoms with Gasteiger partial charge in [0.05, 0.1) is 6.10 Å². The number of benzene rings is 1. The minimum Gasteiger partial charge on any atom is -0.392 e. The fraction of sp³-hybridized carbons (Fsp3) is 0.625. The van der Waals surface area contributed by atoms with Crippen molar-refractivity contribution in [2.75, 3.05) is 26.2 Å². The second kappa shape index (κ2) is 8.84. The summed E-state index contributed by atoms with van der Waals surface area (Å²) in [4.78, 5) is 2.23. The fourth-order valence-corrected chi connectivity index (χ4v) is 3.94. The van der Waals surface area contributed by atoms with Crippen LogP contribution in [0.25, 0.3) is 0 Å². The minimum atomic E-state index is -0.266. The Kier molecular flexibility index (Phi) is 8.05. The smallest absolute Gasteiger partial charge is 0.129 e. The van der Waals surface area contributed by atoms with Crippen LogP contribution in [-0.2, 0) is 6.54 Å². The molecule has 0 bridgehead atoms. The number of aliphatic hydroxyl groups is 1. The van der Waals surface area contributed by atoms with Gasteiger partial charge in [-0.05, 0) is 44.5 Å². The van der Waals surface area contributed by atoms with Crippen LogP contribution in [0.1, 0.15) is 24.8 Å². The molecule has 2 fully saturated rings. The molecule has 0 amide bonds. The van der Waals surface area contributed by atoms with E-state index in [0.717, 1.165) is 45.4 Å². The van der Waals surface area contributed by atoms with Gasteiger partial charge in [-0.2, -0.15) is 0 Å². The number of piperidine rings is 2. The summed E-state index contributed by atoms with van der Waals surface area (Å²) in [5, 5.41) is 14.3. The van der Waals surface area contributed by atoms with Crippen LogP contribution in [0.15, 0.2) is 18.2 Å². The van der Waals surface area contributed by atoms with Crippen molar-refractivity contribution in [2.24, 2.45) is 5.41 Å². The Bertz CT molecular complexity index is 496. The van der Waals surface area contributed by atoms with Gasteiger partial charge in [0.15, 0.2) is 0 Å². The van der Waals surface area contributed by atoms with Crippen molar-refractivity contribution in [1.82, 2.24) is 10.2 Å². The monoisotopic (exact) mass is 384 g/mol. The molecular formula is C16H24Cl3FN2O. The molecule has 3 rings (SSSR count). The molecule has 1 aromatic carbocycles. The normalized spacial score (nSPS) is 28.0. The molecular weight excluding hydrogens is 362 g/mol. The zero-order chi connectivity index (χ0) is 14.9. The molecule has 0 radical (unpaired) electrons. The van der Waals surface area contributed by atoms with Crippen LogP contribution in [0.5, 0.6) is 0 Å². The molecule has 2 saturated heterocycles. The Balaban J connectivity index is 0.00000132. The molecule has 2 N–H and O–H groups in total. The maximum absolute atomic E-state index is 13.9. The number of hydrogen-bond donors (Lipinski definition) is 2. The largest absolute Gasteiger partial charge is 0.392 e. The summed E-state index contributed by atoms with van der Waals surface area (Å²) in [5.41, 5.74) is 0.475. The topological polar surface area (TPSA) is 35.5 Å². The predicted molar refractivity (Wildman–Crippen MR) is 96.3 cm³/mol. The van der Waals surface area contributed by atoms with Crippen molar-refractivity contribution < 1.29 is 9.50 Å². The van der Waals surface area contributed by atoms with Crippen LogP contribution in [0.2, 0.25) is 5.02 Å². The molecule has 0 saturated carbocycles. The lowest BCUT2D eigenvalue weighted by Crippen LogP contribution is -2.57. The number of halogens is 4. The highest BCUT2D eigenvalue weighted by Gasteiger charge is 2.43. The Morgan fingerprint density at radius 2 is 2.17 bits per heavy atom. The average molecular weight is 386 g/mol. The van der Waals surface area contributed by atoms with Crippen molar-refractivity contribution in [3.05, 3.63) is 34.6 Å². The van der Waals surface area contributed by atoms with E-state index in [-0.39, 0.29) is 42.2 Å². The number of likely N-dealkylation sites (tertiary alicyclic amines) is 1. The predicted octanol–water partition coefficient (Wildman–Crippen LogP) is 3.26. The van der Waals surface area contributed by atoms with Crippen molar-refractivity contribution >= 4 is 36.4 Å². The Morgan fingerprint density at radius 3 is 2.87 bits per heavy atom. The molecule has 1 aromatic rings. The van der Waals surface area contributed by atoms with Crippen LogP contribution in [-0.4, -0.2) is 42.3 Å². The van der Waals surface area contributed by atoms with E-state index < -0.39 is 0 Å². The maximum Gasteiger partial charge on any atom is 0.129 e. The molecule has 3 nitrogen and oxygen atoms in total. The molecule has 1 spiro atoms. The number of aliphatic hydroxyl groups excluding tert-OH is 1. The Labute approximate surface area is 154 Å². The van der Waals surface area contributed by atoms with E-state index in [1.54, 1.807) is 12.1 Å². The van der Waals surface area contributed by atoms with Gasteiger partial charge >= 0.3 is 0 Å². The maximum atomic E-state index is 13.9. The Hall–Kier alpha value is -0.100. The standard InChI is InChI=1S/C16H22ClFN2O.2ClH/c17-13-3-1-4-14(18)12(13)9-20-8-2-6-16(11-20)10-19-7-5-15(16)21;;/h1,3-4,15,19,21H,2,5-11H2;2*1H/t15-,16-;;/m0../s1. The van der Waals surface area contributed by atoms with E-state index in [0.29, 0.717) is 17.1 Å². The molecule has 0 aromatic heterocycles. The second-order valence-electron chi connectivity index (χ2n) is 6.36. The van der Waals surface area contributed by atoms with Crippen molar-refractivity contribution in [2.45, 2.75) is 31.9 Å². The first kappa shape index (κ1) is 20.9. The SMILES string of the molecule is Cl.Cl.O[C@H]1CCNC[C@]12CCCN(Cc1c(F)cccc1Cl)C2. The average Bonchev–Trinajstić information content (AvgIpc) is 2.47. The van der Waals surface area contributed by atoms with E-state index >= 15 is 0 Å². The van der Waals surface area contributed by atoms with Gasteiger partial charge in [-0.25, -0.2) is 4.39 Å². The highest BCUT2D eigenvalue weighted by Crippen LogP contribution is 2.37. The number of nitrogens with zero attached hydrogens (tertiary/aromatic N) is 1. The lowest BCUT2D eigenvalue weighted by Gasteiger charge is -2.48. The molecule has 0 unspecified atom stereocenters. The van der Waals surface area contributed by atoms with Gasteiger partial charge in [-0.3, -0.25) is 4.90 Å². The summed E-state index contributed by atoms with van der Waals surface area (Å²) in [6.45, 7) is 3.96. The van der Waals surface area contributed by atoms with E-state index in [4.69, 9.17) is 11.6 Å². The van der Waals surface area contributed by atoms with Crippen LogP contribution in [0.4, 0.5) is 4.39 Å². The van der Waals surface area contributed by atoms with Gasteiger partial charge in [0.25, 0.3) is 0 Å². The first-order chi connectivity index (χ1) is 10.1. The highest BCUT2D eigenvalue weighted by atomic mass is 35.5. The third-order valence-corrected chi connectivity index (χ3v) is 5.26. The second-order valence-corrected chi connectivity index (χ2v) is 6.77. The molecule has 2 aliphatic rings.